The van der Waals surface area contributed by atoms with Crippen LogP contribution in [0.4, 0.5) is 0 Å². The number of hydrogen-bond donors (Lipinski definition) is 2. The number of halogens is 1. The van der Waals surface area contributed by atoms with Gasteiger partial charge < -0.3 is 15.5 Å². The van der Waals surface area contributed by atoms with Gasteiger partial charge in [0, 0.05) is 31.4 Å². The molecule has 3 rings (SSSR count). The Balaban J connectivity index is 0.00000363. The van der Waals surface area contributed by atoms with Crippen molar-refractivity contribution in [3.8, 4) is 0 Å². The van der Waals surface area contributed by atoms with Crippen molar-refractivity contribution in [1.82, 2.24) is 15.5 Å². The molecule has 2 N–H and O–H groups in total. The number of likely N-dealkylation sites (N-methyl/N-ethyl adjacent to an activating group) is 1. The summed E-state index contributed by atoms with van der Waals surface area (Å²) in [6.07, 6.45) is 0.923. The average molecular weight is 563 g/mol. The summed E-state index contributed by atoms with van der Waals surface area (Å²) in [4.78, 5) is 19.3. The van der Waals surface area contributed by atoms with Gasteiger partial charge in [0.1, 0.15) is 6.54 Å². The second-order valence-electron chi connectivity index (χ2n) is 7.56. The molecule has 2 aromatic carbocycles. The summed E-state index contributed by atoms with van der Waals surface area (Å²) in [5.74, 6) is 0.903. The molecule has 1 heterocycles. The quantitative estimate of drug-likeness (QED) is 0.229. The standard InChI is InChI=1S/C25H30N4OS.HI/c1-29(2)24(30)19-28-25(27-18-23-14-9-15-31-23)26-17-22(21-12-7-4-8-13-21)16-20-10-5-3-6-11-20;/h3-15,22H,16-19H2,1-2H3,(H2,26,27,28);1H. The molecule has 1 unspecified atom stereocenters. The third kappa shape index (κ3) is 8.63. The van der Waals surface area contributed by atoms with Gasteiger partial charge in [0.25, 0.3) is 0 Å². The number of hydrogen-bond acceptors (Lipinski definition) is 3. The maximum Gasteiger partial charge on any atom is 0.243 e. The first-order valence-corrected chi connectivity index (χ1v) is 11.3. The van der Waals surface area contributed by atoms with Crippen molar-refractivity contribution in [3.63, 3.8) is 0 Å². The van der Waals surface area contributed by atoms with Crippen molar-refractivity contribution in [2.24, 2.45) is 4.99 Å². The van der Waals surface area contributed by atoms with Crippen LogP contribution in [-0.4, -0.2) is 44.0 Å². The molecule has 0 aliphatic carbocycles. The normalized spacial score (nSPS) is 11.9. The number of carbonyl (C=O) groups excluding carboxylic acids is 1. The van der Waals surface area contributed by atoms with E-state index in [1.807, 2.05) is 18.2 Å². The van der Waals surface area contributed by atoms with Crippen LogP contribution in [0.5, 0.6) is 0 Å². The van der Waals surface area contributed by atoms with Crippen LogP contribution in [0.25, 0.3) is 0 Å². The Morgan fingerprint density at radius 2 is 1.66 bits per heavy atom. The zero-order chi connectivity index (χ0) is 21.9. The summed E-state index contributed by atoms with van der Waals surface area (Å²) in [6.45, 7) is 1.50. The van der Waals surface area contributed by atoms with Gasteiger partial charge in [-0.05, 0) is 29.0 Å². The predicted molar refractivity (Wildman–Crippen MR) is 145 cm³/mol. The fourth-order valence-electron chi connectivity index (χ4n) is 3.20. The maximum absolute atomic E-state index is 12.0. The van der Waals surface area contributed by atoms with Crippen molar-refractivity contribution in [3.05, 3.63) is 94.2 Å². The van der Waals surface area contributed by atoms with E-state index in [-0.39, 0.29) is 42.3 Å². The molecule has 1 amide bonds. The van der Waals surface area contributed by atoms with E-state index in [1.54, 1.807) is 30.3 Å². The number of nitrogens with zero attached hydrogens (tertiary/aromatic N) is 2. The summed E-state index contributed by atoms with van der Waals surface area (Å²) in [7, 11) is 3.49. The van der Waals surface area contributed by atoms with Gasteiger partial charge in [0.2, 0.25) is 5.91 Å². The number of amides is 1. The number of nitrogens with one attached hydrogen (secondary N) is 2. The second kappa shape index (κ2) is 13.9. The number of rotatable bonds is 9. The monoisotopic (exact) mass is 562 g/mol. The van der Waals surface area contributed by atoms with Crippen LogP contribution in [0.3, 0.4) is 0 Å². The minimum absolute atomic E-state index is 0. The number of guanidine groups is 1. The molecule has 0 bridgehead atoms. The molecular formula is C25H31IN4OS. The molecule has 5 nitrogen and oxygen atoms in total. The van der Waals surface area contributed by atoms with E-state index in [4.69, 9.17) is 0 Å². The highest BCUT2D eigenvalue weighted by Crippen LogP contribution is 2.20. The van der Waals surface area contributed by atoms with Gasteiger partial charge in [0.05, 0.1) is 6.54 Å². The highest BCUT2D eigenvalue weighted by atomic mass is 127. The smallest absolute Gasteiger partial charge is 0.243 e. The van der Waals surface area contributed by atoms with Crippen LogP contribution in [0.2, 0.25) is 0 Å². The molecule has 170 valence electrons. The highest BCUT2D eigenvalue weighted by Gasteiger charge is 2.14. The topological polar surface area (TPSA) is 56.7 Å². The summed E-state index contributed by atoms with van der Waals surface area (Å²) >= 11 is 1.70. The Hall–Kier alpha value is -2.39. The van der Waals surface area contributed by atoms with Crippen LogP contribution < -0.4 is 10.6 Å². The van der Waals surface area contributed by atoms with E-state index in [2.05, 4.69) is 75.6 Å². The summed E-state index contributed by atoms with van der Waals surface area (Å²) in [5, 5.41) is 8.89. The van der Waals surface area contributed by atoms with Crippen molar-refractivity contribution in [1.29, 1.82) is 0 Å². The van der Waals surface area contributed by atoms with E-state index in [1.165, 1.54) is 16.0 Å². The summed E-state index contributed by atoms with van der Waals surface area (Å²) in [6, 6.07) is 25.2. The minimum Gasteiger partial charge on any atom is -0.356 e. The number of aliphatic imine (C=N–C) groups is 1. The molecule has 0 aliphatic heterocycles. The van der Waals surface area contributed by atoms with Crippen LogP contribution in [-0.2, 0) is 17.8 Å². The Kier molecular flexibility index (Phi) is 11.2. The Bertz CT molecular complexity index is 947. The lowest BCUT2D eigenvalue weighted by Gasteiger charge is -2.20. The molecule has 7 heteroatoms. The molecule has 0 saturated heterocycles. The van der Waals surface area contributed by atoms with Crippen LogP contribution in [0.1, 0.15) is 21.9 Å². The number of thiophene rings is 1. The van der Waals surface area contributed by atoms with Gasteiger partial charge in [-0.25, -0.2) is 4.99 Å². The second-order valence-corrected chi connectivity index (χ2v) is 8.60. The average Bonchev–Trinajstić information content (AvgIpc) is 3.32. The van der Waals surface area contributed by atoms with Gasteiger partial charge in [-0.15, -0.1) is 35.3 Å². The Morgan fingerprint density at radius 3 is 2.28 bits per heavy atom. The first-order valence-electron chi connectivity index (χ1n) is 10.5. The number of benzene rings is 2. The van der Waals surface area contributed by atoms with Crippen LogP contribution >= 0.6 is 35.3 Å². The van der Waals surface area contributed by atoms with E-state index in [0.717, 1.165) is 6.42 Å². The summed E-state index contributed by atoms with van der Waals surface area (Å²) in [5.41, 5.74) is 2.58. The van der Waals surface area contributed by atoms with Gasteiger partial charge >= 0.3 is 0 Å². The van der Waals surface area contributed by atoms with Crippen molar-refractivity contribution in [2.45, 2.75) is 18.9 Å². The lowest BCUT2D eigenvalue weighted by atomic mass is 9.92. The molecule has 0 aliphatic rings. The molecule has 1 aromatic heterocycles. The lowest BCUT2D eigenvalue weighted by molar-refractivity contribution is -0.127. The van der Waals surface area contributed by atoms with Crippen LogP contribution in [0.15, 0.2) is 83.2 Å². The first kappa shape index (κ1) is 25.9. The fourth-order valence-corrected chi connectivity index (χ4v) is 3.84. The largest absolute Gasteiger partial charge is 0.356 e. The van der Waals surface area contributed by atoms with Gasteiger partial charge in [-0.1, -0.05) is 66.7 Å². The van der Waals surface area contributed by atoms with Crippen molar-refractivity contribution in [2.75, 3.05) is 27.2 Å². The molecule has 32 heavy (non-hydrogen) atoms. The van der Waals surface area contributed by atoms with Gasteiger partial charge in [-0.3, -0.25) is 4.79 Å². The fraction of sp³-hybridized carbons (Fsp3) is 0.280. The first-order chi connectivity index (χ1) is 15.1. The van der Waals surface area contributed by atoms with E-state index in [9.17, 15) is 4.79 Å². The van der Waals surface area contributed by atoms with E-state index in [0.29, 0.717) is 19.0 Å². The van der Waals surface area contributed by atoms with E-state index >= 15 is 0 Å². The zero-order valence-corrected chi connectivity index (χ0v) is 21.7. The van der Waals surface area contributed by atoms with Gasteiger partial charge in [-0.2, -0.15) is 0 Å². The lowest BCUT2D eigenvalue weighted by Crippen LogP contribution is -2.40. The Labute approximate surface area is 212 Å². The predicted octanol–water partition coefficient (Wildman–Crippen LogP) is 4.52. The minimum atomic E-state index is -0.0267. The van der Waals surface area contributed by atoms with E-state index < -0.39 is 0 Å². The molecule has 0 spiro atoms. The highest BCUT2D eigenvalue weighted by molar-refractivity contribution is 14.0. The van der Waals surface area contributed by atoms with Crippen molar-refractivity contribution < 1.29 is 4.79 Å². The molecule has 0 fully saturated rings. The maximum atomic E-state index is 12.0. The molecule has 0 radical (unpaired) electrons. The third-order valence-electron chi connectivity index (χ3n) is 4.99. The third-order valence-corrected chi connectivity index (χ3v) is 5.87. The summed E-state index contributed by atoms with van der Waals surface area (Å²) < 4.78 is 0. The molecule has 1 atom stereocenters. The van der Waals surface area contributed by atoms with Crippen molar-refractivity contribution >= 4 is 47.2 Å². The Morgan fingerprint density at radius 1 is 0.969 bits per heavy atom. The van der Waals surface area contributed by atoms with Crippen LogP contribution in [0, 0.1) is 0 Å². The molecule has 0 saturated carbocycles. The van der Waals surface area contributed by atoms with Gasteiger partial charge in [0.15, 0.2) is 5.96 Å². The molecule has 3 aromatic rings. The zero-order valence-electron chi connectivity index (χ0n) is 18.5. The SMILES string of the molecule is CN(C)C(=O)CN=C(NCc1cccs1)NCC(Cc1ccccc1)c1ccccc1.I. The number of carbonyl (C=O) groups is 1. The molecular weight excluding hydrogens is 531 g/mol.